The highest BCUT2D eigenvalue weighted by Gasteiger charge is 2.18. The molecule has 0 saturated heterocycles. The Balaban J connectivity index is 1.86. The number of aromatic nitrogens is 2. The van der Waals surface area contributed by atoms with E-state index in [-0.39, 0.29) is 11.5 Å². The van der Waals surface area contributed by atoms with Gasteiger partial charge in [-0.1, -0.05) is 28.1 Å². The van der Waals surface area contributed by atoms with Gasteiger partial charge >= 0.3 is 0 Å². The van der Waals surface area contributed by atoms with Crippen molar-refractivity contribution in [3.05, 3.63) is 68.7 Å². The number of hydrogen-bond donors (Lipinski definition) is 1. The molecule has 0 spiro atoms. The van der Waals surface area contributed by atoms with Crippen LogP contribution in [0.5, 0.6) is 0 Å². The predicted molar refractivity (Wildman–Crippen MR) is 99.3 cm³/mol. The van der Waals surface area contributed by atoms with E-state index in [1.807, 2.05) is 29.6 Å². The van der Waals surface area contributed by atoms with E-state index in [0.29, 0.717) is 11.4 Å². The quantitative estimate of drug-likeness (QED) is 0.717. The molecule has 0 radical (unpaired) electrons. The Hall–Kier alpha value is -2.25. The summed E-state index contributed by atoms with van der Waals surface area (Å²) in [5.74, 6) is -0.300. The third-order valence-electron chi connectivity index (χ3n) is 3.44. The summed E-state index contributed by atoms with van der Waals surface area (Å²) in [6.07, 6.45) is 0. The van der Waals surface area contributed by atoms with Crippen LogP contribution in [0.25, 0.3) is 10.6 Å². The molecular weight excluding hydrogens is 390 g/mol. The van der Waals surface area contributed by atoms with Crippen molar-refractivity contribution in [2.45, 2.75) is 13.0 Å². The number of nitrogens with one attached hydrogen (secondary N) is 1. The molecule has 1 amide bonds. The molecular formula is C17H14BrN3O2S. The highest BCUT2D eigenvalue weighted by molar-refractivity contribution is 9.10. The maximum Gasteiger partial charge on any atom is 0.267 e. The summed E-state index contributed by atoms with van der Waals surface area (Å²) < 4.78 is 2.07. The number of thiophene rings is 1. The van der Waals surface area contributed by atoms with Gasteiger partial charge in [-0.3, -0.25) is 9.59 Å². The molecule has 1 aromatic carbocycles. The number of benzene rings is 1. The van der Waals surface area contributed by atoms with Crippen molar-refractivity contribution in [2.24, 2.45) is 0 Å². The summed E-state index contributed by atoms with van der Waals surface area (Å²) in [7, 11) is 0. The first-order chi connectivity index (χ1) is 11.5. The van der Waals surface area contributed by atoms with Crippen LogP contribution in [0.15, 0.2) is 63.2 Å². The van der Waals surface area contributed by atoms with E-state index in [9.17, 15) is 9.59 Å². The molecule has 7 heteroatoms. The number of nitrogens with zero attached hydrogens (tertiary/aromatic N) is 2. The molecule has 1 N–H and O–H groups in total. The van der Waals surface area contributed by atoms with E-state index < -0.39 is 6.04 Å². The standard InChI is InChI=1S/C17H14BrN3O2S/c1-11(17(23)19-13-5-2-4-12(18)10-13)21-16(22)8-7-14(20-21)15-6-3-9-24-15/h2-11H,1H3,(H,19,23). The van der Waals surface area contributed by atoms with Crippen LogP contribution < -0.4 is 10.9 Å². The maximum atomic E-state index is 12.5. The summed E-state index contributed by atoms with van der Waals surface area (Å²) in [4.78, 5) is 25.5. The lowest BCUT2D eigenvalue weighted by Gasteiger charge is -2.15. The minimum atomic E-state index is -0.726. The van der Waals surface area contributed by atoms with Crippen molar-refractivity contribution in [3.8, 4) is 10.6 Å². The second kappa shape index (κ2) is 7.11. The Morgan fingerprint density at radius 3 is 2.79 bits per heavy atom. The lowest BCUT2D eigenvalue weighted by molar-refractivity contribution is -0.119. The van der Waals surface area contributed by atoms with Gasteiger partial charge in [0.25, 0.3) is 5.56 Å². The summed E-state index contributed by atoms with van der Waals surface area (Å²) in [6.45, 7) is 1.65. The number of rotatable bonds is 4. The van der Waals surface area contributed by atoms with Gasteiger partial charge < -0.3 is 5.32 Å². The molecule has 0 bridgehead atoms. The van der Waals surface area contributed by atoms with Crippen molar-refractivity contribution < 1.29 is 4.79 Å². The highest BCUT2D eigenvalue weighted by Crippen LogP contribution is 2.22. The van der Waals surface area contributed by atoms with E-state index in [1.165, 1.54) is 22.1 Å². The SMILES string of the molecule is CC(C(=O)Nc1cccc(Br)c1)n1nc(-c2cccs2)ccc1=O. The van der Waals surface area contributed by atoms with E-state index in [4.69, 9.17) is 0 Å². The maximum absolute atomic E-state index is 12.5. The average Bonchev–Trinajstić information content (AvgIpc) is 3.09. The van der Waals surface area contributed by atoms with Gasteiger partial charge in [0, 0.05) is 16.2 Å². The molecule has 0 fully saturated rings. The zero-order valence-corrected chi connectivity index (χ0v) is 15.2. The normalized spacial score (nSPS) is 11.9. The van der Waals surface area contributed by atoms with Gasteiger partial charge in [-0.25, -0.2) is 4.68 Å². The van der Waals surface area contributed by atoms with Gasteiger partial charge in [0.2, 0.25) is 5.91 Å². The molecule has 0 aliphatic rings. The summed E-state index contributed by atoms with van der Waals surface area (Å²) in [5.41, 5.74) is 1.02. The lowest BCUT2D eigenvalue weighted by atomic mass is 10.2. The van der Waals surface area contributed by atoms with Crippen LogP contribution in [0.3, 0.4) is 0 Å². The summed E-state index contributed by atoms with van der Waals surface area (Å²) >= 11 is 4.89. The Kier molecular flexibility index (Phi) is 4.92. The molecule has 0 aliphatic heterocycles. The fourth-order valence-corrected chi connectivity index (χ4v) is 3.27. The van der Waals surface area contributed by atoms with Crippen LogP contribution in [0, 0.1) is 0 Å². The Labute approximate surface area is 151 Å². The van der Waals surface area contributed by atoms with Gasteiger partial charge in [0.1, 0.15) is 11.7 Å². The minimum Gasteiger partial charge on any atom is -0.324 e. The smallest absolute Gasteiger partial charge is 0.267 e. The molecule has 0 aliphatic carbocycles. The Morgan fingerprint density at radius 2 is 2.08 bits per heavy atom. The van der Waals surface area contributed by atoms with Crippen LogP contribution in [0.1, 0.15) is 13.0 Å². The third kappa shape index (κ3) is 3.63. The first-order valence-electron chi connectivity index (χ1n) is 7.25. The zero-order chi connectivity index (χ0) is 17.1. The fraction of sp³-hybridized carbons (Fsp3) is 0.118. The largest absolute Gasteiger partial charge is 0.324 e. The predicted octanol–water partition coefficient (Wildman–Crippen LogP) is 3.93. The molecule has 3 aromatic rings. The number of hydrogen-bond acceptors (Lipinski definition) is 4. The number of carbonyl (C=O) groups excluding carboxylic acids is 1. The number of carbonyl (C=O) groups is 1. The lowest BCUT2D eigenvalue weighted by Crippen LogP contribution is -2.33. The number of halogens is 1. The highest BCUT2D eigenvalue weighted by atomic mass is 79.9. The van der Waals surface area contributed by atoms with E-state index in [1.54, 1.807) is 25.1 Å². The van der Waals surface area contributed by atoms with Crippen molar-refractivity contribution in [2.75, 3.05) is 5.32 Å². The van der Waals surface area contributed by atoms with Crippen molar-refractivity contribution in [1.82, 2.24) is 9.78 Å². The van der Waals surface area contributed by atoms with Crippen molar-refractivity contribution in [3.63, 3.8) is 0 Å². The van der Waals surface area contributed by atoms with Crippen LogP contribution in [0.2, 0.25) is 0 Å². The van der Waals surface area contributed by atoms with E-state index in [2.05, 4.69) is 26.3 Å². The van der Waals surface area contributed by atoms with Crippen LogP contribution >= 0.6 is 27.3 Å². The van der Waals surface area contributed by atoms with Gasteiger partial charge in [-0.05, 0) is 42.6 Å². The molecule has 0 saturated carbocycles. The van der Waals surface area contributed by atoms with Gasteiger partial charge in [0.05, 0.1) is 4.88 Å². The number of amides is 1. The zero-order valence-electron chi connectivity index (χ0n) is 12.8. The Bertz CT molecular complexity index is 922. The molecule has 2 heterocycles. The summed E-state index contributed by atoms with van der Waals surface area (Å²) in [6, 6.07) is 13.5. The van der Waals surface area contributed by atoms with Crippen LogP contribution in [0.4, 0.5) is 5.69 Å². The molecule has 3 rings (SSSR count). The minimum absolute atomic E-state index is 0.300. The van der Waals surface area contributed by atoms with Crippen molar-refractivity contribution in [1.29, 1.82) is 0 Å². The second-order valence-corrected chi connectivity index (χ2v) is 7.02. The second-order valence-electron chi connectivity index (χ2n) is 5.15. The van der Waals surface area contributed by atoms with Crippen molar-refractivity contribution >= 4 is 38.9 Å². The van der Waals surface area contributed by atoms with Crippen LogP contribution in [-0.4, -0.2) is 15.7 Å². The first kappa shape index (κ1) is 16.6. The first-order valence-corrected chi connectivity index (χ1v) is 8.92. The average molecular weight is 404 g/mol. The van der Waals surface area contributed by atoms with Gasteiger partial charge in [-0.15, -0.1) is 11.3 Å². The topological polar surface area (TPSA) is 64.0 Å². The van der Waals surface area contributed by atoms with Gasteiger partial charge in [-0.2, -0.15) is 5.10 Å². The van der Waals surface area contributed by atoms with E-state index >= 15 is 0 Å². The van der Waals surface area contributed by atoms with Gasteiger partial charge in [0.15, 0.2) is 0 Å². The molecule has 122 valence electrons. The number of anilines is 1. The third-order valence-corrected chi connectivity index (χ3v) is 4.82. The van der Waals surface area contributed by atoms with Crippen LogP contribution in [-0.2, 0) is 4.79 Å². The molecule has 5 nitrogen and oxygen atoms in total. The molecule has 24 heavy (non-hydrogen) atoms. The molecule has 1 unspecified atom stereocenters. The molecule has 2 aromatic heterocycles. The fourth-order valence-electron chi connectivity index (χ4n) is 2.18. The summed E-state index contributed by atoms with van der Waals surface area (Å²) in [5, 5.41) is 9.08. The Morgan fingerprint density at radius 1 is 1.25 bits per heavy atom. The molecule has 1 atom stereocenters. The van der Waals surface area contributed by atoms with E-state index in [0.717, 1.165) is 9.35 Å². The monoisotopic (exact) mass is 403 g/mol.